The Morgan fingerprint density at radius 1 is 1.32 bits per heavy atom. The number of pyridine rings is 1. The van der Waals surface area contributed by atoms with Crippen LogP contribution in [0.3, 0.4) is 0 Å². The van der Waals surface area contributed by atoms with Crippen LogP contribution in [0.5, 0.6) is 0 Å². The molecule has 0 spiro atoms. The zero-order chi connectivity index (χ0) is 13.8. The first-order valence-corrected chi connectivity index (χ1v) is 6.55. The molecule has 0 bridgehead atoms. The molecule has 1 aromatic heterocycles. The van der Waals surface area contributed by atoms with Crippen molar-refractivity contribution in [2.24, 2.45) is 0 Å². The van der Waals surface area contributed by atoms with Gasteiger partial charge in [0, 0.05) is 19.0 Å². The monoisotopic (exact) mass is 259 g/mol. The molecule has 4 nitrogen and oxygen atoms in total. The average molecular weight is 259 g/mol. The fraction of sp³-hybridized carbons (Fsp3) is 0.400. The number of nitrogen functional groups attached to an aromatic ring is 1. The summed E-state index contributed by atoms with van der Waals surface area (Å²) in [6.07, 6.45) is 1.97. The van der Waals surface area contributed by atoms with Crippen LogP contribution in [-0.4, -0.2) is 31.3 Å². The van der Waals surface area contributed by atoms with Crippen LogP contribution >= 0.6 is 0 Å². The van der Waals surface area contributed by atoms with Crippen LogP contribution in [0.15, 0.2) is 30.5 Å². The molecular weight excluding hydrogens is 238 g/mol. The van der Waals surface area contributed by atoms with Crippen molar-refractivity contribution in [2.45, 2.75) is 20.0 Å². The number of benzene rings is 1. The number of para-hydroxylation sites is 1. The Hall–Kier alpha value is -1.81. The largest absolute Gasteiger partial charge is 0.396 e. The van der Waals surface area contributed by atoms with Crippen molar-refractivity contribution in [3.05, 3.63) is 30.5 Å². The molecule has 1 aromatic carbocycles. The summed E-state index contributed by atoms with van der Waals surface area (Å²) in [5, 5.41) is 1.08. The minimum Gasteiger partial charge on any atom is -0.396 e. The van der Waals surface area contributed by atoms with E-state index in [1.54, 1.807) is 6.20 Å². The van der Waals surface area contributed by atoms with E-state index in [1.807, 2.05) is 45.2 Å². The number of rotatable bonds is 5. The van der Waals surface area contributed by atoms with E-state index in [2.05, 4.69) is 9.88 Å². The SMILES string of the molecule is CC(C)OCCN(C)c1c(N)cnc2ccccc12. The molecule has 0 saturated carbocycles. The third kappa shape index (κ3) is 3.15. The van der Waals surface area contributed by atoms with E-state index in [9.17, 15) is 0 Å². The minimum atomic E-state index is 0.250. The van der Waals surface area contributed by atoms with E-state index < -0.39 is 0 Å². The van der Waals surface area contributed by atoms with Crippen molar-refractivity contribution in [2.75, 3.05) is 30.8 Å². The standard InChI is InChI=1S/C15H21N3O/c1-11(2)19-9-8-18(3)15-12-6-4-5-7-14(12)17-10-13(15)16/h4-7,10-11H,8-9,16H2,1-3H3. The predicted octanol–water partition coefficient (Wildman–Crippen LogP) is 2.68. The van der Waals surface area contributed by atoms with Gasteiger partial charge in [0.2, 0.25) is 0 Å². The average Bonchev–Trinajstić information content (AvgIpc) is 2.38. The van der Waals surface area contributed by atoms with Crippen LogP contribution in [0.2, 0.25) is 0 Å². The lowest BCUT2D eigenvalue weighted by Gasteiger charge is -2.23. The quantitative estimate of drug-likeness (QED) is 0.897. The topological polar surface area (TPSA) is 51.4 Å². The summed E-state index contributed by atoms with van der Waals surface area (Å²) in [5.74, 6) is 0. The summed E-state index contributed by atoms with van der Waals surface area (Å²) in [7, 11) is 2.03. The second-order valence-electron chi connectivity index (χ2n) is 4.92. The Bertz CT molecular complexity index is 554. The zero-order valence-corrected chi connectivity index (χ0v) is 11.8. The van der Waals surface area contributed by atoms with E-state index in [0.717, 1.165) is 23.1 Å². The van der Waals surface area contributed by atoms with Gasteiger partial charge in [-0.05, 0) is 19.9 Å². The van der Waals surface area contributed by atoms with Crippen molar-refractivity contribution < 1.29 is 4.74 Å². The smallest absolute Gasteiger partial charge is 0.0745 e. The van der Waals surface area contributed by atoms with E-state index in [4.69, 9.17) is 10.5 Å². The van der Waals surface area contributed by atoms with Gasteiger partial charge in [0.05, 0.1) is 35.8 Å². The van der Waals surface area contributed by atoms with Gasteiger partial charge in [-0.3, -0.25) is 4.98 Å². The number of fused-ring (bicyclic) bond motifs is 1. The minimum absolute atomic E-state index is 0.250. The number of aromatic nitrogens is 1. The lowest BCUT2D eigenvalue weighted by Crippen LogP contribution is -2.25. The molecule has 0 aliphatic heterocycles. The van der Waals surface area contributed by atoms with Crippen LogP contribution in [0.25, 0.3) is 10.9 Å². The molecule has 0 saturated heterocycles. The van der Waals surface area contributed by atoms with Gasteiger partial charge < -0.3 is 15.4 Å². The normalized spacial score (nSPS) is 11.2. The van der Waals surface area contributed by atoms with Crippen molar-refractivity contribution in [1.82, 2.24) is 4.98 Å². The Balaban J connectivity index is 2.25. The molecule has 19 heavy (non-hydrogen) atoms. The molecule has 1 heterocycles. The van der Waals surface area contributed by atoms with Gasteiger partial charge in [-0.2, -0.15) is 0 Å². The Labute approximate surface area is 114 Å². The summed E-state index contributed by atoms with van der Waals surface area (Å²) in [6, 6.07) is 8.03. The molecule has 2 N–H and O–H groups in total. The van der Waals surface area contributed by atoms with E-state index >= 15 is 0 Å². The van der Waals surface area contributed by atoms with Gasteiger partial charge in [-0.25, -0.2) is 0 Å². The highest BCUT2D eigenvalue weighted by Gasteiger charge is 2.10. The molecule has 2 rings (SSSR count). The van der Waals surface area contributed by atoms with E-state index in [1.165, 1.54) is 0 Å². The summed E-state index contributed by atoms with van der Waals surface area (Å²) < 4.78 is 5.59. The number of likely N-dealkylation sites (N-methyl/N-ethyl adjacent to an activating group) is 1. The number of hydrogen-bond acceptors (Lipinski definition) is 4. The number of nitrogens with two attached hydrogens (primary N) is 1. The molecular formula is C15H21N3O. The molecule has 4 heteroatoms. The molecule has 0 aliphatic rings. The van der Waals surface area contributed by atoms with Crippen LogP contribution in [0.4, 0.5) is 11.4 Å². The summed E-state index contributed by atoms with van der Waals surface area (Å²) in [4.78, 5) is 6.48. The van der Waals surface area contributed by atoms with Gasteiger partial charge in [0.1, 0.15) is 0 Å². The molecule has 0 unspecified atom stereocenters. The first-order valence-electron chi connectivity index (χ1n) is 6.55. The highest BCUT2D eigenvalue weighted by atomic mass is 16.5. The Morgan fingerprint density at radius 3 is 2.79 bits per heavy atom. The second kappa shape index (κ2) is 5.89. The maximum Gasteiger partial charge on any atom is 0.0745 e. The fourth-order valence-electron chi connectivity index (χ4n) is 2.11. The van der Waals surface area contributed by atoms with Gasteiger partial charge >= 0.3 is 0 Å². The third-order valence-electron chi connectivity index (χ3n) is 3.03. The molecule has 0 radical (unpaired) electrons. The van der Waals surface area contributed by atoms with Gasteiger partial charge in [0.15, 0.2) is 0 Å². The molecule has 0 fully saturated rings. The molecule has 2 aromatic rings. The highest BCUT2D eigenvalue weighted by Crippen LogP contribution is 2.30. The third-order valence-corrected chi connectivity index (χ3v) is 3.03. The maximum absolute atomic E-state index is 6.07. The van der Waals surface area contributed by atoms with E-state index in [0.29, 0.717) is 12.3 Å². The number of hydrogen-bond donors (Lipinski definition) is 1. The summed E-state index contributed by atoms with van der Waals surface area (Å²) >= 11 is 0. The summed E-state index contributed by atoms with van der Waals surface area (Å²) in [6.45, 7) is 5.56. The highest BCUT2D eigenvalue weighted by molar-refractivity contribution is 5.97. The maximum atomic E-state index is 6.07. The number of anilines is 2. The van der Waals surface area contributed by atoms with Gasteiger partial charge in [-0.1, -0.05) is 18.2 Å². The Morgan fingerprint density at radius 2 is 2.05 bits per heavy atom. The van der Waals surface area contributed by atoms with E-state index in [-0.39, 0.29) is 6.10 Å². The first kappa shape index (κ1) is 13.6. The predicted molar refractivity (Wildman–Crippen MR) is 80.5 cm³/mol. The van der Waals surface area contributed by atoms with Gasteiger partial charge in [0.25, 0.3) is 0 Å². The van der Waals surface area contributed by atoms with Crippen molar-refractivity contribution in [3.63, 3.8) is 0 Å². The van der Waals surface area contributed by atoms with Crippen molar-refractivity contribution in [3.8, 4) is 0 Å². The van der Waals surface area contributed by atoms with Crippen LogP contribution in [0.1, 0.15) is 13.8 Å². The molecule has 0 atom stereocenters. The first-order chi connectivity index (χ1) is 9.09. The molecule has 0 aliphatic carbocycles. The van der Waals surface area contributed by atoms with Crippen LogP contribution in [0, 0.1) is 0 Å². The van der Waals surface area contributed by atoms with Gasteiger partial charge in [-0.15, -0.1) is 0 Å². The van der Waals surface area contributed by atoms with Crippen LogP contribution < -0.4 is 10.6 Å². The van der Waals surface area contributed by atoms with Crippen molar-refractivity contribution >= 4 is 22.3 Å². The second-order valence-corrected chi connectivity index (χ2v) is 4.92. The molecule has 102 valence electrons. The Kier molecular flexibility index (Phi) is 4.22. The lowest BCUT2D eigenvalue weighted by molar-refractivity contribution is 0.0846. The fourth-order valence-corrected chi connectivity index (χ4v) is 2.11. The number of nitrogens with zero attached hydrogens (tertiary/aromatic N) is 2. The van der Waals surface area contributed by atoms with Crippen molar-refractivity contribution in [1.29, 1.82) is 0 Å². The lowest BCUT2D eigenvalue weighted by atomic mass is 10.1. The van der Waals surface area contributed by atoms with Crippen LogP contribution in [-0.2, 0) is 4.74 Å². The zero-order valence-electron chi connectivity index (χ0n) is 11.8. The number of ether oxygens (including phenoxy) is 1. The molecule has 0 amide bonds. The summed E-state index contributed by atoms with van der Waals surface area (Å²) in [5.41, 5.74) is 8.76.